The third kappa shape index (κ3) is 2.95. The lowest BCUT2D eigenvalue weighted by Crippen LogP contribution is -2.40. The van der Waals surface area contributed by atoms with Crippen LogP contribution in [0, 0.1) is 0 Å². The van der Waals surface area contributed by atoms with E-state index >= 15 is 0 Å². The van der Waals surface area contributed by atoms with Crippen molar-refractivity contribution in [2.75, 3.05) is 31.1 Å². The molecule has 0 spiro atoms. The zero-order chi connectivity index (χ0) is 13.9. The Labute approximate surface area is 126 Å². The molecule has 0 bridgehead atoms. The smallest absolute Gasteiger partial charge is 0.0682 e. The van der Waals surface area contributed by atoms with E-state index in [1.807, 2.05) is 18.2 Å². The van der Waals surface area contributed by atoms with Crippen LogP contribution < -0.4 is 4.90 Å². The number of nitrogens with zero attached hydrogens (tertiary/aromatic N) is 2. The van der Waals surface area contributed by atoms with Crippen LogP contribution in [0.2, 0.25) is 5.02 Å². The lowest BCUT2D eigenvalue weighted by Gasteiger charge is -2.32. The third-order valence-corrected chi connectivity index (χ3v) is 4.91. The Hall–Kier alpha value is -0.770. The fourth-order valence-electron chi connectivity index (χ4n) is 3.45. The minimum atomic E-state index is 0.0520. The fraction of sp³-hybridized carbons (Fsp3) is 0.625. The van der Waals surface area contributed by atoms with Crippen molar-refractivity contribution >= 4 is 17.3 Å². The third-order valence-electron chi connectivity index (χ3n) is 4.61. The van der Waals surface area contributed by atoms with Crippen LogP contribution in [0.3, 0.4) is 0 Å². The molecule has 0 aliphatic carbocycles. The number of rotatable bonds is 3. The van der Waals surface area contributed by atoms with Gasteiger partial charge in [-0.2, -0.15) is 0 Å². The number of halogens is 1. The van der Waals surface area contributed by atoms with Crippen molar-refractivity contribution in [3.63, 3.8) is 0 Å². The zero-order valence-electron chi connectivity index (χ0n) is 11.9. The summed E-state index contributed by atoms with van der Waals surface area (Å²) in [6, 6.07) is 6.58. The Morgan fingerprint density at radius 1 is 1.15 bits per heavy atom. The molecule has 1 N–H and O–H groups in total. The monoisotopic (exact) mass is 294 g/mol. The molecule has 3 nitrogen and oxygen atoms in total. The number of aliphatic hydroxyl groups excluding tert-OH is 1. The summed E-state index contributed by atoms with van der Waals surface area (Å²) in [4.78, 5) is 5.04. The number of aliphatic hydroxyl groups is 1. The fourth-order valence-corrected chi connectivity index (χ4v) is 3.77. The van der Waals surface area contributed by atoms with Crippen molar-refractivity contribution < 1.29 is 5.11 Å². The van der Waals surface area contributed by atoms with Gasteiger partial charge in [-0.1, -0.05) is 24.1 Å². The highest BCUT2D eigenvalue weighted by atomic mass is 35.5. The Kier molecular flexibility index (Phi) is 4.49. The van der Waals surface area contributed by atoms with Gasteiger partial charge in [0, 0.05) is 19.1 Å². The highest BCUT2D eigenvalue weighted by molar-refractivity contribution is 6.33. The van der Waals surface area contributed by atoms with E-state index in [0.29, 0.717) is 6.04 Å². The lowest BCUT2D eigenvalue weighted by atomic mass is 10.1. The molecule has 0 aromatic heterocycles. The Morgan fingerprint density at radius 3 is 2.65 bits per heavy atom. The van der Waals surface area contributed by atoms with E-state index < -0.39 is 0 Å². The first-order valence-electron chi connectivity index (χ1n) is 7.66. The summed E-state index contributed by atoms with van der Waals surface area (Å²) in [5, 5.41) is 9.91. The van der Waals surface area contributed by atoms with Gasteiger partial charge < -0.3 is 10.0 Å². The Bertz CT molecular complexity index is 460. The van der Waals surface area contributed by atoms with E-state index in [1.54, 1.807) is 0 Å². The summed E-state index contributed by atoms with van der Waals surface area (Å²) in [5.41, 5.74) is 1.99. The van der Waals surface area contributed by atoms with Crippen LogP contribution in [-0.4, -0.2) is 42.2 Å². The molecule has 2 heterocycles. The van der Waals surface area contributed by atoms with Crippen LogP contribution in [0.1, 0.15) is 31.2 Å². The molecule has 2 saturated heterocycles. The molecule has 4 heteroatoms. The predicted octanol–water partition coefficient (Wildman–Crippen LogP) is 2.90. The highest BCUT2D eigenvalue weighted by Crippen LogP contribution is 2.31. The SMILES string of the molecule is OCc1ccc(N2CCC(N3CCCCC3)C2)c(Cl)c1. The van der Waals surface area contributed by atoms with Gasteiger partial charge in [0.05, 0.1) is 17.3 Å². The van der Waals surface area contributed by atoms with E-state index in [0.717, 1.165) is 29.4 Å². The van der Waals surface area contributed by atoms with Crippen molar-refractivity contribution in [1.82, 2.24) is 4.90 Å². The normalized spacial score (nSPS) is 24.3. The average molecular weight is 295 g/mol. The number of anilines is 1. The van der Waals surface area contributed by atoms with Gasteiger partial charge >= 0.3 is 0 Å². The molecule has 1 atom stereocenters. The van der Waals surface area contributed by atoms with E-state index in [4.69, 9.17) is 16.7 Å². The summed E-state index contributed by atoms with van der Waals surface area (Å²) in [6.45, 7) is 4.74. The lowest BCUT2D eigenvalue weighted by molar-refractivity contribution is 0.175. The first kappa shape index (κ1) is 14.2. The van der Waals surface area contributed by atoms with Crippen molar-refractivity contribution in [2.24, 2.45) is 0 Å². The van der Waals surface area contributed by atoms with E-state index in [9.17, 15) is 0 Å². The molecule has 2 fully saturated rings. The van der Waals surface area contributed by atoms with Crippen LogP contribution in [0.5, 0.6) is 0 Å². The molecule has 2 aliphatic heterocycles. The molecule has 0 amide bonds. The van der Waals surface area contributed by atoms with Gasteiger partial charge in [0.2, 0.25) is 0 Å². The standard InChI is InChI=1S/C16H23ClN2O/c17-15-10-13(12-20)4-5-16(15)19-9-6-14(11-19)18-7-2-1-3-8-18/h4-5,10,14,20H,1-3,6-9,11-12H2. The number of piperidine rings is 1. The van der Waals surface area contributed by atoms with Crippen LogP contribution in [0.4, 0.5) is 5.69 Å². The topological polar surface area (TPSA) is 26.7 Å². The Morgan fingerprint density at radius 2 is 1.95 bits per heavy atom. The van der Waals surface area contributed by atoms with Crippen LogP contribution in [0.15, 0.2) is 18.2 Å². The maximum absolute atomic E-state index is 9.15. The second kappa shape index (κ2) is 6.33. The molecule has 20 heavy (non-hydrogen) atoms. The summed E-state index contributed by atoms with van der Waals surface area (Å²) < 4.78 is 0. The second-order valence-electron chi connectivity index (χ2n) is 5.93. The molecule has 1 unspecified atom stereocenters. The Balaban J connectivity index is 1.67. The maximum atomic E-state index is 9.15. The minimum Gasteiger partial charge on any atom is -0.392 e. The zero-order valence-corrected chi connectivity index (χ0v) is 12.6. The average Bonchev–Trinajstić information content (AvgIpc) is 2.97. The van der Waals surface area contributed by atoms with Gasteiger partial charge in [-0.25, -0.2) is 0 Å². The maximum Gasteiger partial charge on any atom is 0.0682 e. The summed E-state index contributed by atoms with van der Waals surface area (Å²) in [5.74, 6) is 0. The van der Waals surface area contributed by atoms with Crippen molar-refractivity contribution in [3.8, 4) is 0 Å². The number of hydrogen-bond acceptors (Lipinski definition) is 3. The van der Waals surface area contributed by atoms with Crippen molar-refractivity contribution in [2.45, 2.75) is 38.3 Å². The predicted molar refractivity (Wildman–Crippen MR) is 83.4 cm³/mol. The number of benzene rings is 1. The number of likely N-dealkylation sites (tertiary alicyclic amines) is 1. The molecule has 0 radical (unpaired) electrons. The molecule has 1 aromatic rings. The molecule has 110 valence electrons. The molecule has 1 aromatic carbocycles. The van der Waals surface area contributed by atoms with Crippen molar-refractivity contribution in [1.29, 1.82) is 0 Å². The quantitative estimate of drug-likeness (QED) is 0.928. The van der Waals surface area contributed by atoms with Gasteiger partial charge in [0.15, 0.2) is 0 Å². The van der Waals surface area contributed by atoms with Crippen LogP contribution in [-0.2, 0) is 6.61 Å². The van der Waals surface area contributed by atoms with E-state index in [-0.39, 0.29) is 6.61 Å². The summed E-state index contributed by atoms with van der Waals surface area (Å²) in [6.07, 6.45) is 5.32. The van der Waals surface area contributed by atoms with E-state index in [2.05, 4.69) is 9.80 Å². The first-order valence-corrected chi connectivity index (χ1v) is 8.04. The summed E-state index contributed by atoms with van der Waals surface area (Å²) in [7, 11) is 0. The van der Waals surface area contributed by atoms with Crippen LogP contribution >= 0.6 is 11.6 Å². The first-order chi connectivity index (χ1) is 9.78. The summed E-state index contributed by atoms with van der Waals surface area (Å²) >= 11 is 6.36. The van der Waals surface area contributed by atoms with Gasteiger partial charge in [-0.05, 0) is 50.0 Å². The van der Waals surface area contributed by atoms with Gasteiger partial charge in [0.25, 0.3) is 0 Å². The molecular formula is C16H23ClN2O. The molecule has 0 saturated carbocycles. The van der Waals surface area contributed by atoms with Gasteiger partial charge in [-0.3, -0.25) is 4.90 Å². The van der Waals surface area contributed by atoms with Crippen LogP contribution in [0.25, 0.3) is 0 Å². The van der Waals surface area contributed by atoms with Crippen molar-refractivity contribution in [3.05, 3.63) is 28.8 Å². The molecule has 3 rings (SSSR count). The van der Waals surface area contributed by atoms with E-state index in [1.165, 1.54) is 38.8 Å². The van der Waals surface area contributed by atoms with Gasteiger partial charge in [-0.15, -0.1) is 0 Å². The molecular weight excluding hydrogens is 272 g/mol. The largest absolute Gasteiger partial charge is 0.392 e. The minimum absolute atomic E-state index is 0.0520. The molecule has 2 aliphatic rings. The highest BCUT2D eigenvalue weighted by Gasteiger charge is 2.29. The second-order valence-corrected chi connectivity index (χ2v) is 6.34. The number of hydrogen-bond donors (Lipinski definition) is 1. The van der Waals surface area contributed by atoms with Gasteiger partial charge in [0.1, 0.15) is 0 Å².